The molecule has 5 heteroatoms. The van der Waals surface area contributed by atoms with E-state index in [2.05, 4.69) is 52.2 Å². The maximum absolute atomic E-state index is 4.73. The van der Waals surface area contributed by atoms with Gasteiger partial charge in [-0.15, -0.1) is 11.3 Å². The zero-order chi connectivity index (χ0) is 16.6. The number of rotatable bonds is 6. The highest BCUT2D eigenvalue weighted by Gasteiger charge is 2.11. The Balaban J connectivity index is 1.54. The van der Waals surface area contributed by atoms with Gasteiger partial charge in [-0.3, -0.25) is 4.99 Å². The first-order valence-electron chi connectivity index (χ1n) is 8.55. The number of nitrogens with zero attached hydrogens (tertiary/aromatic N) is 2. The van der Waals surface area contributed by atoms with Gasteiger partial charge in [0.2, 0.25) is 0 Å². The van der Waals surface area contributed by atoms with Crippen LogP contribution in [0.5, 0.6) is 0 Å². The number of aromatic nitrogens is 1. The van der Waals surface area contributed by atoms with E-state index >= 15 is 0 Å². The molecule has 1 aliphatic carbocycles. The number of thiazole rings is 1. The van der Waals surface area contributed by atoms with Crippen LogP contribution in [0.1, 0.15) is 25.5 Å². The van der Waals surface area contributed by atoms with Crippen molar-refractivity contribution in [2.75, 3.05) is 13.1 Å². The van der Waals surface area contributed by atoms with Gasteiger partial charge in [-0.2, -0.15) is 0 Å². The van der Waals surface area contributed by atoms with Crippen LogP contribution in [0.2, 0.25) is 0 Å². The van der Waals surface area contributed by atoms with Crippen LogP contribution in [0, 0.1) is 0 Å². The van der Waals surface area contributed by atoms with Gasteiger partial charge in [0.25, 0.3) is 0 Å². The molecule has 0 fully saturated rings. The van der Waals surface area contributed by atoms with Crippen LogP contribution >= 0.6 is 11.3 Å². The lowest BCUT2D eigenvalue weighted by Crippen LogP contribution is -2.42. The van der Waals surface area contributed by atoms with Gasteiger partial charge in [0.1, 0.15) is 5.01 Å². The summed E-state index contributed by atoms with van der Waals surface area (Å²) >= 11 is 1.70. The summed E-state index contributed by atoms with van der Waals surface area (Å²) in [5, 5.41) is 10.0. The molecular formula is C19H24N4S. The highest BCUT2D eigenvalue weighted by molar-refractivity contribution is 7.13. The van der Waals surface area contributed by atoms with Crippen LogP contribution in [-0.2, 0) is 6.42 Å². The normalized spacial score (nSPS) is 15.0. The van der Waals surface area contributed by atoms with E-state index in [1.54, 1.807) is 11.3 Å². The second-order valence-corrected chi connectivity index (χ2v) is 6.66. The predicted octanol–water partition coefficient (Wildman–Crippen LogP) is 3.63. The van der Waals surface area contributed by atoms with E-state index in [9.17, 15) is 0 Å². The molecule has 0 amide bonds. The molecule has 1 aliphatic rings. The number of hydrogen-bond acceptors (Lipinski definition) is 3. The Hall–Kier alpha value is -2.14. The topological polar surface area (TPSA) is 49.3 Å². The van der Waals surface area contributed by atoms with E-state index in [1.165, 1.54) is 5.56 Å². The van der Waals surface area contributed by atoms with Crippen LogP contribution in [0.15, 0.2) is 52.9 Å². The number of guanidine groups is 1. The van der Waals surface area contributed by atoms with E-state index in [0.29, 0.717) is 6.04 Å². The monoisotopic (exact) mass is 340 g/mol. The van der Waals surface area contributed by atoms with Crippen molar-refractivity contribution in [3.8, 4) is 10.6 Å². The lowest BCUT2D eigenvalue weighted by atomic mass is 10.2. The van der Waals surface area contributed by atoms with Crippen molar-refractivity contribution < 1.29 is 0 Å². The molecule has 3 rings (SSSR count). The van der Waals surface area contributed by atoms with Crippen LogP contribution < -0.4 is 10.6 Å². The molecule has 0 unspecified atom stereocenters. The minimum absolute atomic E-state index is 0.478. The molecule has 2 aromatic rings. The fraction of sp³-hybridized carbons (Fsp3) is 0.368. The smallest absolute Gasteiger partial charge is 0.191 e. The van der Waals surface area contributed by atoms with Crippen LogP contribution in [-0.4, -0.2) is 30.1 Å². The third-order valence-electron chi connectivity index (χ3n) is 3.90. The first-order chi connectivity index (χ1) is 11.8. The van der Waals surface area contributed by atoms with Crippen LogP contribution in [0.25, 0.3) is 10.6 Å². The van der Waals surface area contributed by atoms with Gasteiger partial charge < -0.3 is 10.6 Å². The van der Waals surface area contributed by atoms with Gasteiger partial charge in [-0.05, 0) is 19.8 Å². The molecule has 24 heavy (non-hydrogen) atoms. The molecule has 1 aromatic carbocycles. The van der Waals surface area contributed by atoms with Gasteiger partial charge in [0.05, 0.1) is 5.69 Å². The van der Waals surface area contributed by atoms with Crippen molar-refractivity contribution in [1.82, 2.24) is 15.6 Å². The summed E-state index contributed by atoms with van der Waals surface area (Å²) in [6, 6.07) is 10.8. The molecule has 0 bridgehead atoms. The molecule has 1 heterocycles. The Morgan fingerprint density at radius 1 is 1.25 bits per heavy atom. The summed E-state index contributed by atoms with van der Waals surface area (Å²) in [6.45, 7) is 3.71. The van der Waals surface area contributed by atoms with E-state index in [0.717, 1.165) is 49.0 Å². The number of benzene rings is 1. The second kappa shape index (κ2) is 8.64. The third kappa shape index (κ3) is 4.68. The first kappa shape index (κ1) is 16.7. The van der Waals surface area contributed by atoms with Crippen molar-refractivity contribution >= 4 is 17.3 Å². The highest BCUT2D eigenvalue weighted by atomic mass is 32.1. The Morgan fingerprint density at radius 2 is 2.04 bits per heavy atom. The van der Waals surface area contributed by atoms with Gasteiger partial charge >= 0.3 is 0 Å². The number of aliphatic imine (C=N–C) groups is 1. The minimum atomic E-state index is 0.478. The van der Waals surface area contributed by atoms with Gasteiger partial charge in [-0.25, -0.2) is 4.98 Å². The Morgan fingerprint density at radius 3 is 2.79 bits per heavy atom. The van der Waals surface area contributed by atoms with Crippen molar-refractivity contribution in [1.29, 1.82) is 0 Å². The van der Waals surface area contributed by atoms with Gasteiger partial charge in [0, 0.05) is 36.5 Å². The molecule has 0 aliphatic heterocycles. The molecule has 0 spiro atoms. The molecule has 1 aromatic heterocycles. The third-order valence-corrected chi connectivity index (χ3v) is 4.84. The van der Waals surface area contributed by atoms with E-state index in [1.807, 2.05) is 18.2 Å². The molecule has 0 radical (unpaired) electrons. The summed E-state index contributed by atoms with van der Waals surface area (Å²) in [4.78, 5) is 9.41. The van der Waals surface area contributed by atoms with Crippen molar-refractivity contribution in [3.63, 3.8) is 0 Å². The fourth-order valence-electron chi connectivity index (χ4n) is 2.67. The highest BCUT2D eigenvalue weighted by Crippen LogP contribution is 2.23. The Kier molecular flexibility index (Phi) is 6.01. The molecule has 0 saturated carbocycles. The van der Waals surface area contributed by atoms with Gasteiger partial charge in [0.15, 0.2) is 5.96 Å². The largest absolute Gasteiger partial charge is 0.357 e. The zero-order valence-corrected chi connectivity index (χ0v) is 14.9. The summed E-state index contributed by atoms with van der Waals surface area (Å²) in [6.07, 6.45) is 7.47. The molecule has 0 atom stereocenters. The average molecular weight is 340 g/mol. The van der Waals surface area contributed by atoms with Gasteiger partial charge in [-0.1, -0.05) is 42.5 Å². The molecule has 126 valence electrons. The summed E-state index contributed by atoms with van der Waals surface area (Å²) in [5.74, 6) is 0.907. The summed E-state index contributed by atoms with van der Waals surface area (Å²) in [7, 11) is 0. The second-order valence-electron chi connectivity index (χ2n) is 5.80. The first-order valence-corrected chi connectivity index (χ1v) is 9.43. The molecule has 4 nitrogen and oxygen atoms in total. The Labute approximate surface area is 147 Å². The maximum atomic E-state index is 4.73. The molecule has 2 N–H and O–H groups in total. The van der Waals surface area contributed by atoms with E-state index < -0.39 is 0 Å². The average Bonchev–Trinajstić information content (AvgIpc) is 3.28. The fourth-order valence-corrected chi connectivity index (χ4v) is 3.53. The van der Waals surface area contributed by atoms with Crippen molar-refractivity contribution in [2.45, 2.75) is 32.2 Å². The molecule has 0 saturated heterocycles. The lowest BCUT2D eigenvalue weighted by molar-refractivity contribution is 0.633. The van der Waals surface area contributed by atoms with E-state index in [4.69, 9.17) is 4.98 Å². The summed E-state index contributed by atoms with van der Waals surface area (Å²) < 4.78 is 0. The summed E-state index contributed by atoms with van der Waals surface area (Å²) in [5.41, 5.74) is 2.29. The SMILES string of the molecule is CCNC(=NCCc1csc(-c2ccccc2)n1)NC1CC=CC1. The van der Waals surface area contributed by atoms with Crippen LogP contribution in [0.4, 0.5) is 0 Å². The van der Waals surface area contributed by atoms with E-state index in [-0.39, 0.29) is 0 Å². The quantitative estimate of drug-likeness (QED) is 0.480. The molecular weight excluding hydrogens is 316 g/mol. The Bertz CT molecular complexity index is 682. The standard InChI is InChI=1S/C19H24N4S/c1-2-20-19(23-16-10-6-7-11-16)21-13-12-17-14-24-18(22-17)15-8-4-3-5-9-15/h3-9,14,16H,2,10-13H2,1H3,(H2,20,21,23). The number of hydrogen-bond donors (Lipinski definition) is 2. The number of nitrogens with one attached hydrogen (secondary N) is 2. The van der Waals surface area contributed by atoms with Crippen LogP contribution in [0.3, 0.4) is 0 Å². The maximum Gasteiger partial charge on any atom is 0.191 e. The minimum Gasteiger partial charge on any atom is -0.357 e. The zero-order valence-electron chi connectivity index (χ0n) is 14.0. The predicted molar refractivity (Wildman–Crippen MR) is 103 cm³/mol. The van der Waals surface area contributed by atoms with Crippen molar-refractivity contribution in [2.24, 2.45) is 4.99 Å². The lowest BCUT2D eigenvalue weighted by Gasteiger charge is -2.16. The van der Waals surface area contributed by atoms with Crippen molar-refractivity contribution in [3.05, 3.63) is 53.6 Å².